The van der Waals surface area contributed by atoms with E-state index in [0.717, 1.165) is 6.07 Å². The monoisotopic (exact) mass is 317 g/mol. The molecule has 1 nitrogen and oxygen atoms in total. The van der Waals surface area contributed by atoms with Crippen molar-refractivity contribution < 1.29 is 17.6 Å². The van der Waals surface area contributed by atoms with Crippen molar-refractivity contribution in [2.24, 2.45) is 5.73 Å². The van der Waals surface area contributed by atoms with Crippen molar-refractivity contribution in [1.82, 2.24) is 0 Å². The van der Waals surface area contributed by atoms with Gasteiger partial charge in [0.25, 0.3) is 0 Å². The van der Waals surface area contributed by atoms with Crippen molar-refractivity contribution in [2.75, 3.05) is 0 Å². The minimum Gasteiger partial charge on any atom is -0.324 e. The molecule has 0 fully saturated rings. The maximum atomic E-state index is 13.7. The highest BCUT2D eigenvalue weighted by Crippen LogP contribution is 2.35. The van der Waals surface area contributed by atoms with Crippen LogP contribution in [0.5, 0.6) is 0 Å². The molecule has 1 unspecified atom stereocenters. The van der Waals surface area contributed by atoms with Gasteiger partial charge in [0.2, 0.25) is 0 Å². The van der Waals surface area contributed by atoms with Crippen LogP contribution in [0.4, 0.5) is 17.6 Å². The van der Waals surface area contributed by atoms with Gasteiger partial charge in [0.05, 0.1) is 5.56 Å². The van der Waals surface area contributed by atoms with Gasteiger partial charge in [0.1, 0.15) is 5.82 Å². The van der Waals surface area contributed by atoms with Gasteiger partial charge in [-0.15, -0.1) is 0 Å². The Bertz CT molecular complexity index is 620. The van der Waals surface area contributed by atoms with E-state index in [0.29, 0.717) is 0 Å². The summed E-state index contributed by atoms with van der Waals surface area (Å²) < 4.78 is 52.5. The third kappa shape index (κ3) is 3.54. The lowest BCUT2D eigenvalue weighted by Gasteiger charge is -2.19. The molecule has 0 aliphatic heterocycles. The van der Waals surface area contributed by atoms with Crippen LogP contribution in [-0.4, -0.2) is 0 Å². The molecule has 1 atom stereocenters. The van der Waals surface area contributed by atoms with Crippen LogP contribution in [0, 0.1) is 5.82 Å². The van der Waals surface area contributed by atoms with Crippen molar-refractivity contribution in [2.45, 2.75) is 18.6 Å². The first-order chi connectivity index (χ1) is 9.80. The Morgan fingerprint density at radius 3 is 2.33 bits per heavy atom. The smallest absolute Gasteiger partial charge is 0.324 e. The summed E-state index contributed by atoms with van der Waals surface area (Å²) in [5.41, 5.74) is 5.06. The van der Waals surface area contributed by atoms with Crippen LogP contribution >= 0.6 is 11.6 Å². The van der Waals surface area contributed by atoms with E-state index in [1.807, 2.05) is 0 Å². The molecule has 0 heterocycles. The van der Waals surface area contributed by atoms with E-state index >= 15 is 0 Å². The van der Waals surface area contributed by atoms with Gasteiger partial charge >= 0.3 is 6.18 Å². The lowest BCUT2D eigenvalue weighted by atomic mass is 9.95. The first-order valence-corrected chi connectivity index (χ1v) is 6.53. The molecule has 0 bridgehead atoms. The van der Waals surface area contributed by atoms with Gasteiger partial charge in [-0.3, -0.25) is 0 Å². The number of benzene rings is 2. The normalized spacial score (nSPS) is 13.2. The quantitative estimate of drug-likeness (QED) is 0.813. The standard InChI is InChI=1S/C15H12ClF4N/c16-12-6-3-7-13(17)10(12)8-14(21)9-4-1-2-5-11(9)15(18,19)20/h1-7,14H,8,21H2. The van der Waals surface area contributed by atoms with E-state index in [1.54, 1.807) is 0 Å². The molecule has 0 radical (unpaired) electrons. The van der Waals surface area contributed by atoms with Crippen molar-refractivity contribution >= 4 is 11.6 Å². The van der Waals surface area contributed by atoms with E-state index in [1.165, 1.54) is 36.4 Å². The summed E-state index contributed by atoms with van der Waals surface area (Å²) in [5, 5.41) is 0.148. The fraction of sp³-hybridized carbons (Fsp3) is 0.200. The van der Waals surface area contributed by atoms with Gasteiger partial charge in [-0.2, -0.15) is 13.2 Å². The minimum absolute atomic E-state index is 0.0793. The van der Waals surface area contributed by atoms with Gasteiger partial charge in [0, 0.05) is 16.6 Å². The van der Waals surface area contributed by atoms with Crippen LogP contribution in [0.25, 0.3) is 0 Å². The van der Waals surface area contributed by atoms with Crippen molar-refractivity contribution in [3.63, 3.8) is 0 Å². The summed E-state index contributed by atoms with van der Waals surface area (Å²) >= 11 is 5.87. The van der Waals surface area contributed by atoms with E-state index in [9.17, 15) is 17.6 Å². The Morgan fingerprint density at radius 2 is 1.71 bits per heavy atom. The maximum absolute atomic E-state index is 13.7. The number of halogens is 5. The highest BCUT2D eigenvalue weighted by Gasteiger charge is 2.34. The van der Waals surface area contributed by atoms with E-state index in [4.69, 9.17) is 17.3 Å². The van der Waals surface area contributed by atoms with Crippen molar-refractivity contribution in [3.8, 4) is 0 Å². The summed E-state index contributed by atoms with van der Waals surface area (Å²) in [6.45, 7) is 0. The fourth-order valence-corrected chi connectivity index (χ4v) is 2.38. The van der Waals surface area contributed by atoms with Crippen molar-refractivity contribution in [3.05, 3.63) is 70.0 Å². The molecule has 21 heavy (non-hydrogen) atoms. The second kappa shape index (κ2) is 6.03. The lowest BCUT2D eigenvalue weighted by molar-refractivity contribution is -0.138. The number of hydrogen-bond acceptors (Lipinski definition) is 1. The van der Waals surface area contributed by atoms with Gasteiger partial charge < -0.3 is 5.73 Å². The van der Waals surface area contributed by atoms with Crippen LogP contribution in [0.3, 0.4) is 0 Å². The largest absolute Gasteiger partial charge is 0.416 e. The minimum atomic E-state index is -4.51. The number of hydrogen-bond donors (Lipinski definition) is 1. The van der Waals surface area contributed by atoms with Crippen LogP contribution < -0.4 is 5.73 Å². The molecule has 0 aromatic heterocycles. The molecule has 2 aromatic rings. The number of alkyl halides is 3. The highest BCUT2D eigenvalue weighted by atomic mass is 35.5. The van der Waals surface area contributed by atoms with Crippen LogP contribution in [0.15, 0.2) is 42.5 Å². The summed E-state index contributed by atoms with van der Waals surface area (Å²) in [7, 11) is 0. The van der Waals surface area contributed by atoms with E-state index in [2.05, 4.69) is 0 Å². The zero-order valence-electron chi connectivity index (χ0n) is 10.8. The Hall–Kier alpha value is -1.59. The zero-order chi connectivity index (χ0) is 15.6. The zero-order valence-corrected chi connectivity index (χ0v) is 11.5. The Kier molecular flexibility index (Phi) is 4.54. The Labute approximate surface area is 124 Å². The first kappa shape index (κ1) is 15.8. The third-order valence-electron chi connectivity index (χ3n) is 3.15. The SMILES string of the molecule is NC(Cc1c(F)cccc1Cl)c1ccccc1C(F)(F)F. The Balaban J connectivity index is 2.36. The lowest BCUT2D eigenvalue weighted by Crippen LogP contribution is -2.19. The fourth-order valence-electron chi connectivity index (χ4n) is 2.14. The van der Waals surface area contributed by atoms with Crippen LogP contribution in [0.1, 0.15) is 22.7 Å². The molecule has 2 N–H and O–H groups in total. The predicted octanol–water partition coefficient (Wildman–Crippen LogP) is 4.74. The first-order valence-electron chi connectivity index (χ1n) is 6.15. The molecule has 0 amide bonds. The van der Waals surface area contributed by atoms with Crippen LogP contribution in [0.2, 0.25) is 5.02 Å². The maximum Gasteiger partial charge on any atom is 0.416 e. The Morgan fingerprint density at radius 1 is 1.05 bits per heavy atom. The van der Waals surface area contributed by atoms with Gasteiger partial charge in [0.15, 0.2) is 0 Å². The summed E-state index contributed by atoms with van der Waals surface area (Å²) in [5.74, 6) is -0.581. The summed E-state index contributed by atoms with van der Waals surface area (Å²) in [6.07, 6.45) is -4.62. The molecule has 2 rings (SSSR count). The second-order valence-electron chi connectivity index (χ2n) is 4.60. The molecule has 0 aliphatic rings. The van der Waals surface area contributed by atoms with Gasteiger partial charge in [-0.1, -0.05) is 35.9 Å². The molecule has 112 valence electrons. The molecular formula is C15H12ClF4N. The molecule has 0 saturated heterocycles. The number of nitrogens with two attached hydrogens (primary N) is 1. The van der Waals surface area contributed by atoms with Gasteiger partial charge in [-0.25, -0.2) is 4.39 Å². The molecule has 2 aromatic carbocycles. The molecule has 0 saturated carbocycles. The predicted molar refractivity (Wildman–Crippen MR) is 73.5 cm³/mol. The number of rotatable bonds is 3. The second-order valence-corrected chi connectivity index (χ2v) is 5.00. The molecule has 0 spiro atoms. The summed E-state index contributed by atoms with van der Waals surface area (Å²) in [4.78, 5) is 0. The highest BCUT2D eigenvalue weighted by molar-refractivity contribution is 6.31. The molecule has 6 heteroatoms. The molecule has 0 aliphatic carbocycles. The van der Waals surface area contributed by atoms with Crippen LogP contribution in [-0.2, 0) is 12.6 Å². The average molecular weight is 318 g/mol. The van der Waals surface area contributed by atoms with Crippen molar-refractivity contribution in [1.29, 1.82) is 0 Å². The summed E-state index contributed by atoms with van der Waals surface area (Å²) in [6, 6.07) is 8.10. The average Bonchev–Trinajstić information content (AvgIpc) is 2.42. The molecular weight excluding hydrogens is 306 g/mol. The third-order valence-corrected chi connectivity index (χ3v) is 3.51. The topological polar surface area (TPSA) is 26.0 Å². The van der Waals surface area contributed by atoms with E-state index in [-0.39, 0.29) is 22.6 Å². The van der Waals surface area contributed by atoms with E-state index < -0.39 is 23.6 Å². The van der Waals surface area contributed by atoms with Gasteiger partial charge in [-0.05, 0) is 30.2 Å².